The van der Waals surface area contributed by atoms with E-state index in [1.165, 1.54) is 0 Å². The summed E-state index contributed by atoms with van der Waals surface area (Å²) in [7, 11) is 1.79. The normalized spacial score (nSPS) is 10.6. The van der Waals surface area contributed by atoms with Gasteiger partial charge in [0.1, 0.15) is 18.1 Å². The minimum atomic E-state index is -0.194. The van der Waals surface area contributed by atoms with Gasteiger partial charge in [-0.15, -0.1) is 0 Å². The van der Waals surface area contributed by atoms with Gasteiger partial charge in [-0.3, -0.25) is 9.48 Å². The van der Waals surface area contributed by atoms with Gasteiger partial charge in [0.05, 0.1) is 23.1 Å². The zero-order valence-electron chi connectivity index (χ0n) is 13.7. The second-order valence-corrected chi connectivity index (χ2v) is 5.47. The summed E-state index contributed by atoms with van der Waals surface area (Å²) in [5.74, 6) is 1.23. The number of hydrogen-bond acceptors (Lipinski definition) is 5. The van der Waals surface area contributed by atoms with Crippen LogP contribution in [0.2, 0.25) is 0 Å². The van der Waals surface area contributed by atoms with E-state index in [1.807, 2.05) is 13.8 Å². The molecule has 1 aromatic carbocycles. The number of hydrogen-bond donors (Lipinski definition) is 1. The van der Waals surface area contributed by atoms with Gasteiger partial charge >= 0.3 is 0 Å². The van der Waals surface area contributed by atoms with Crippen LogP contribution in [0, 0.1) is 13.8 Å². The highest BCUT2D eigenvalue weighted by molar-refractivity contribution is 6.04. The highest BCUT2D eigenvalue weighted by Crippen LogP contribution is 2.18. The largest absolute Gasteiger partial charge is 0.489 e. The molecule has 0 aliphatic carbocycles. The number of carbonyl (C=O) groups is 1. The highest BCUT2D eigenvalue weighted by atomic mass is 16.5. The molecule has 7 heteroatoms. The molecule has 0 unspecified atom stereocenters. The molecule has 0 radical (unpaired) electrons. The van der Waals surface area contributed by atoms with Gasteiger partial charge in [-0.05, 0) is 38.1 Å². The quantitative estimate of drug-likeness (QED) is 0.779. The minimum absolute atomic E-state index is 0.194. The molecule has 0 saturated carbocycles. The van der Waals surface area contributed by atoms with E-state index < -0.39 is 0 Å². The molecule has 0 saturated heterocycles. The third kappa shape index (κ3) is 3.45. The SMILES string of the molecule is Cc1noc(C)c1COc1ccc(C(=O)Nc2cnn(C)c2)cc1. The van der Waals surface area contributed by atoms with E-state index in [-0.39, 0.29) is 5.91 Å². The summed E-state index contributed by atoms with van der Waals surface area (Å²) in [6, 6.07) is 6.95. The monoisotopic (exact) mass is 326 g/mol. The summed E-state index contributed by atoms with van der Waals surface area (Å²) < 4.78 is 12.5. The molecule has 124 valence electrons. The maximum atomic E-state index is 12.2. The van der Waals surface area contributed by atoms with E-state index >= 15 is 0 Å². The molecule has 24 heavy (non-hydrogen) atoms. The summed E-state index contributed by atoms with van der Waals surface area (Å²) in [5, 5.41) is 10.7. The van der Waals surface area contributed by atoms with Crippen LogP contribution in [0.25, 0.3) is 0 Å². The van der Waals surface area contributed by atoms with Crippen molar-refractivity contribution in [1.82, 2.24) is 14.9 Å². The minimum Gasteiger partial charge on any atom is -0.489 e. The summed E-state index contributed by atoms with van der Waals surface area (Å²) >= 11 is 0. The van der Waals surface area contributed by atoms with Crippen LogP contribution in [0.5, 0.6) is 5.75 Å². The molecule has 0 fully saturated rings. The summed E-state index contributed by atoms with van der Waals surface area (Å²) in [4.78, 5) is 12.2. The van der Waals surface area contributed by atoms with Crippen LogP contribution in [0.4, 0.5) is 5.69 Å². The Bertz CT molecular complexity index is 830. The molecule has 3 aromatic rings. The number of amides is 1. The Morgan fingerprint density at radius 1 is 1.29 bits per heavy atom. The van der Waals surface area contributed by atoms with Crippen LogP contribution in [-0.2, 0) is 13.7 Å². The first kappa shape index (κ1) is 15.8. The van der Waals surface area contributed by atoms with Crippen molar-refractivity contribution in [2.45, 2.75) is 20.5 Å². The third-order valence-electron chi connectivity index (χ3n) is 3.64. The number of benzene rings is 1. The van der Waals surface area contributed by atoms with Crippen LogP contribution >= 0.6 is 0 Å². The number of aryl methyl sites for hydroxylation is 3. The van der Waals surface area contributed by atoms with Crippen molar-refractivity contribution in [1.29, 1.82) is 0 Å². The molecule has 0 aliphatic rings. The van der Waals surface area contributed by atoms with Gasteiger partial charge in [0.15, 0.2) is 0 Å². The van der Waals surface area contributed by atoms with Crippen molar-refractivity contribution in [2.75, 3.05) is 5.32 Å². The van der Waals surface area contributed by atoms with Crippen molar-refractivity contribution in [3.8, 4) is 5.75 Å². The zero-order chi connectivity index (χ0) is 17.1. The van der Waals surface area contributed by atoms with Gasteiger partial charge in [-0.2, -0.15) is 5.10 Å². The van der Waals surface area contributed by atoms with E-state index in [0.717, 1.165) is 17.0 Å². The lowest BCUT2D eigenvalue weighted by Crippen LogP contribution is -2.11. The molecule has 2 aromatic heterocycles. The number of rotatable bonds is 5. The average molecular weight is 326 g/mol. The van der Waals surface area contributed by atoms with Gasteiger partial charge < -0.3 is 14.6 Å². The molecule has 0 spiro atoms. The van der Waals surface area contributed by atoms with Crippen LogP contribution in [0.3, 0.4) is 0 Å². The van der Waals surface area contributed by atoms with Gasteiger partial charge in [-0.25, -0.2) is 0 Å². The van der Waals surface area contributed by atoms with Crippen LogP contribution < -0.4 is 10.1 Å². The van der Waals surface area contributed by atoms with Gasteiger partial charge in [-0.1, -0.05) is 5.16 Å². The van der Waals surface area contributed by atoms with Crippen molar-refractivity contribution < 1.29 is 14.1 Å². The number of anilines is 1. The van der Waals surface area contributed by atoms with E-state index in [1.54, 1.807) is 48.4 Å². The standard InChI is InChI=1S/C17H18N4O3/c1-11-16(12(2)24-20-11)10-23-15-6-4-13(5-7-15)17(22)19-14-8-18-21(3)9-14/h4-9H,10H2,1-3H3,(H,19,22). The highest BCUT2D eigenvalue weighted by Gasteiger charge is 2.10. The van der Waals surface area contributed by atoms with Crippen molar-refractivity contribution in [3.05, 3.63) is 59.2 Å². The lowest BCUT2D eigenvalue weighted by Gasteiger charge is -2.07. The maximum absolute atomic E-state index is 12.2. The Hall–Kier alpha value is -3.09. The topological polar surface area (TPSA) is 82.2 Å². The van der Waals surface area contributed by atoms with E-state index in [2.05, 4.69) is 15.6 Å². The first-order valence-electron chi connectivity index (χ1n) is 7.47. The van der Waals surface area contributed by atoms with Crippen LogP contribution in [0.1, 0.15) is 27.4 Å². The average Bonchev–Trinajstić information content (AvgIpc) is 3.12. The molecule has 7 nitrogen and oxygen atoms in total. The second kappa shape index (κ2) is 6.57. The number of nitrogens with zero attached hydrogens (tertiary/aromatic N) is 3. The van der Waals surface area contributed by atoms with Crippen molar-refractivity contribution >= 4 is 11.6 Å². The fourth-order valence-corrected chi connectivity index (χ4v) is 2.26. The zero-order valence-corrected chi connectivity index (χ0v) is 13.7. The smallest absolute Gasteiger partial charge is 0.255 e. The van der Waals surface area contributed by atoms with Crippen LogP contribution in [-0.4, -0.2) is 20.8 Å². The summed E-state index contributed by atoms with van der Waals surface area (Å²) in [6.07, 6.45) is 3.33. The Balaban J connectivity index is 1.61. The Labute approximate surface area is 139 Å². The van der Waals surface area contributed by atoms with Gasteiger partial charge in [0.2, 0.25) is 0 Å². The molecule has 0 aliphatic heterocycles. The molecular formula is C17H18N4O3. The Morgan fingerprint density at radius 2 is 2.04 bits per heavy atom. The predicted molar refractivity (Wildman–Crippen MR) is 87.9 cm³/mol. The van der Waals surface area contributed by atoms with E-state index in [0.29, 0.717) is 23.6 Å². The predicted octanol–water partition coefficient (Wildman–Crippen LogP) is 2.86. The van der Waals surface area contributed by atoms with Gasteiger partial charge in [0, 0.05) is 18.8 Å². The molecule has 3 rings (SSSR count). The fourth-order valence-electron chi connectivity index (χ4n) is 2.26. The first-order valence-corrected chi connectivity index (χ1v) is 7.47. The first-order chi connectivity index (χ1) is 11.5. The van der Waals surface area contributed by atoms with Crippen LogP contribution in [0.15, 0.2) is 41.2 Å². The van der Waals surface area contributed by atoms with E-state index in [9.17, 15) is 4.79 Å². The van der Waals surface area contributed by atoms with Crippen molar-refractivity contribution in [3.63, 3.8) is 0 Å². The summed E-state index contributed by atoms with van der Waals surface area (Å²) in [6.45, 7) is 4.11. The molecule has 1 amide bonds. The fraction of sp³-hybridized carbons (Fsp3) is 0.235. The maximum Gasteiger partial charge on any atom is 0.255 e. The Morgan fingerprint density at radius 3 is 2.62 bits per heavy atom. The van der Waals surface area contributed by atoms with Crippen molar-refractivity contribution in [2.24, 2.45) is 7.05 Å². The molecule has 1 N–H and O–H groups in total. The number of carbonyl (C=O) groups excluding carboxylic acids is 1. The lowest BCUT2D eigenvalue weighted by molar-refractivity contribution is 0.102. The molecule has 2 heterocycles. The summed E-state index contributed by atoms with van der Waals surface area (Å²) in [5.41, 5.74) is 2.96. The van der Waals surface area contributed by atoms with Gasteiger partial charge in [0.25, 0.3) is 5.91 Å². The number of nitrogens with one attached hydrogen (secondary N) is 1. The Kier molecular flexibility index (Phi) is 4.33. The lowest BCUT2D eigenvalue weighted by atomic mass is 10.2. The van der Waals surface area contributed by atoms with E-state index in [4.69, 9.17) is 9.26 Å². The number of aromatic nitrogens is 3. The second-order valence-electron chi connectivity index (χ2n) is 5.47. The molecule has 0 bridgehead atoms. The molecule has 0 atom stereocenters. The molecular weight excluding hydrogens is 308 g/mol. The third-order valence-corrected chi connectivity index (χ3v) is 3.64. The number of ether oxygens (including phenoxy) is 1.